The number of carbonyl (C=O) groups excluding carboxylic acids is 1. The highest BCUT2D eigenvalue weighted by molar-refractivity contribution is 5.73. The van der Waals surface area contributed by atoms with Crippen LogP contribution in [0, 0.1) is 5.92 Å². The predicted octanol–water partition coefficient (Wildman–Crippen LogP) is 0.873. The Kier molecular flexibility index (Phi) is 5.71. The summed E-state index contributed by atoms with van der Waals surface area (Å²) in [5.41, 5.74) is -0.131. The van der Waals surface area contributed by atoms with Crippen LogP contribution in [-0.2, 0) is 4.74 Å². The van der Waals surface area contributed by atoms with Crippen molar-refractivity contribution in [3.8, 4) is 0 Å². The lowest BCUT2D eigenvalue weighted by Gasteiger charge is -2.40. The van der Waals surface area contributed by atoms with Gasteiger partial charge in [-0.05, 0) is 31.6 Å². The number of methoxy groups -OCH3 is 1. The Morgan fingerprint density at radius 2 is 2.18 bits per heavy atom. The highest BCUT2D eigenvalue weighted by atomic mass is 16.5. The van der Waals surface area contributed by atoms with E-state index in [9.17, 15) is 4.79 Å². The molecule has 5 nitrogen and oxygen atoms in total. The molecule has 0 aliphatic heterocycles. The molecule has 1 aliphatic carbocycles. The van der Waals surface area contributed by atoms with Crippen molar-refractivity contribution in [2.45, 2.75) is 38.2 Å². The topological polar surface area (TPSA) is 70.6 Å². The van der Waals surface area contributed by atoms with E-state index in [0.717, 1.165) is 12.8 Å². The van der Waals surface area contributed by atoms with Crippen molar-refractivity contribution >= 4 is 6.03 Å². The standard InChI is InChI=1S/C12H24N2O3/c1-10(4-7-15)8-13-11(16)14-9-12(17-2)5-3-6-12/h10,15H,3-9H2,1-2H3,(H2,13,14,16). The summed E-state index contributed by atoms with van der Waals surface area (Å²) in [6.07, 6.45) is 3.92. The monoisotopic (exact) mass is 244 g/mol. The zero-order chi connectivity index (χ0) is 12.7. The van der Waals surface area contributed by atoms with Crippen LogP contribution in [0.25, 0.3) is 0 Å². The maximum Gasteiger partial charge on any atom is 0.314 e. The predicted molar refractivity (Wildman–Crippen MR) is 65.9 cm³/mol. The van der Waals surface area contributed by atoms with Crippen LogP contribution in [0.1, 0.15) is 32.6 Å². The van der Waals surface area contributed by atoms with Crippen molar-refractivity contribution in [2.24, 2.45) is 5.92 Å². The van der Waals surface area contributed by atoms with Gasteiger partial charge in [-0.2, -0.15) is 0 Å². The molecule has 0 aromatic rings. The first-order chi connectivity index (χ1) is 8.12. The third kappa shape index (κ3) is 4.52. The van der Waals surface area contributed by atoms with Crippen LogP contribution in [0.3, 0.4) is 0 Å². The van der Waals surface area contributed by atoms with Gasteiger partial charge in [0.15, 0.2) is 0 Å². The molecule has 3 N–H and O–H groups in total. The minimum atomic E-state index is -0.155. The maximum absolute atomic E-state index is 11.5. The second-order valence-electron chi connectivity index (χ2n) is 4.92. The lowest BCUT2D eigenvalue weighted by atomic mass is 9.80. The summed E-state index contributed by atoms with van der Waals surface area (Å²) < 4.78 is 5.41. The third-order valence-electron chi connectivity index (χ3n) is 3.50. The number of hydrogen-bond donors (Lipinski definition) is 3. The molecular weight excluding hydrogens is 220 g/mol. The van der Waals surface area contributed by atoms with Gasteiger partial charge in [-0.3, -0.25) is 0 Å². The zero-order valence-corrected chi connectivity index (χ0v) is 10.8. The largest absolute Gasteiger partial charge is 0.396 e. The summed E-state index contributed by atoms with van der Waals surface area (Å²) in [5, 5.41) is 14.4. The van der Waals surface area contributed by atoms with Crippen LogP contribution in [0.15, 0.2) is 0 Å². The van der Waals surface area contributed by atoms with Gasteiger partial charge in [0, 0.05) is 26.8 Å². The average molecular weight is 244 g/mol. The van der Waals surface area contributed by atoms with Gasteiger partial charge < -0.3 is 20.5 Å². The molecule has 2 amide bonds. The van der Waals surface area contributed by atoms with E-state index in [0.29, 0.717) is 25.4 Å². The first-order valence-electron chi connectivity index (χ1n) is 6.29. The van der Waals surface area contributed by atoms with Crippen molar-refractivity contribution in [3.63, 3.8) is 0 Å². The van der Waals surface area contributed by atoms with E-state index in [1.165, 1.54) is 6.42 Å². The van der Waals surface area contributed by atoms with Gasteiger partial charge in [0.05, 0.1) is 5.60 Å². The Hall–Kier alpha value is -0.810. The summed E-state index contributed by atoms with van der Waals surface area (Å²) in [7, 11) is 1.70. The first kappa shape index (κ1) is 14.3. The fourth-order valence-electron chi connectivity index (χ4n) is 1.92. The molecule has 0 aromatic heterocycles. The summed E-state index contributed by atoms with van der Waals surface area (Å²) >= 11 is 0. The number of rotatable bonds is 7. The van der Waals surface area contributed by atoms with E-state index >= 15 is 0 Å². The molecule has 0 heterocycles. The second-order valence-corrected chi connectivity index (χ2v) is 4.92. The smallest absolute Gasteiger partial charge is 0.314 e. The number of aliphatic hydroxyl groups is 1. The molecule has 100 valence electrons. The fraction of sp³-hybridized carbons (Fsp3) is 0.917. The van der Waals surface area contributed by atoms with E-state index in [1.54, 1.807) is 7.11 Å². The van der Waals surface area contributed by atoms with Crippen LogP contribution >= 0.6 is 0 Å². The number of carbonyl (C=O) groups is 1. The molecule has 1 aliphatic rings. The lowest BCUT2D eigenvalue weighted by Crippen LogP contribution is -2.51. The van der Waals surface area contributed by atoms with E-state index in [-0.39, 0.29) is 18.2 Å². The molecule has 1 fully saturated rings. The molecule has 1 rings (SSSR count). The number of ether oxygens (including phenoxy) is 1. The Morgan fingerprint density at radius 1 is 1.47 bits per heavy atom. The molecule has 0 radical (unpaired) electrons. The lowest BCUT2D eigenvalue weighted by molar-refractivity contribution is -0.0674. The van der Waals surface area contributed by atoms with Gasteiger partial charge in [0.1, 0.15) is 0 Å². The first-order valence-corrected chi connectivity index (χ1v) is 6.29. The zero-order valence-electron chi connectivity index (χ0n) is 10.8. The minimum Gasteiger partial charge on any atom is -0.396 e. The summed E-state index contributed by atoms with van der Waals surface area (Å²) in [6.45, 7) is 3.33. The number of urea groups is 1. The van der Waals surface area contributed by atoms with Crippen LogP contribution in [0.4, 0.5) is 4.79 Å². The van der Waals surface area contributed by atoms with Gasteiger partial charge in [0.2, 0.25) is 0 Å². The quantitative estimate of drug-likeness (QED) is 0.622. The molecule has 1 atom stereocenters. The number of amides is 2. The number of nitrogens with one attached hydrogen (secondary N) is 2. The van der Waals surface area contributed by atoms with Gasteiger partial charge >= 0.3 is 6.03 Å². The Labute approximate surface area is 103 Å². The Morgan fingerprint density at radius 3 is 2.65 bits per heavy atom. The van der Waals surface area contributed by atoms with Crippen molar-refractivity contribution in [3.05, 3.63) is 0 Å². The molecule has 1 unspecified atom stereocenters. The van der Waals surface area contributed by atoms with Crippen molar-refractivity contribution in [1.29, 1.82) is 0 Å². The molecular formula is C12H24N2O3. The minimum absolute atomic E-state index is 0.131. The van der Waals surface area contributed by atoms with E-state index in [2.05, 4.69) is 10.6 Å². The summed E-state index contributed by atoms with van der Waals surface area (Å²) in [4.78, 5) is 11.5. The summed E-state index contributed by atoms with van der Waals surface area (Å²) in [6, 6.07) is -0.155. The maximum atomic E-state index is 11.5. The number of hydrogen-bond acceptors (Lipinski definition) is 3. The molecule has 0 aromatic carbocycles. The van der Waals surface area contributed by atoms with Gasteiger partial charge in [-0.25, -0.2) is 4.79 Å². The van der Waals surface area contributed by atoms with Crippen LogP contribution in [-0.4, -0.2) is 43.5 Å². The van der Waals surface area contributed by atoms with Crippen molar-refractivity contribution in [2.75, 3.05) is 26.8 Å². The number of aliphatic hydroxyl groups excluding tert-OH is 1. The van der Waals surface area contributed by atoms with Crippen LogP contribution in [0.5, 0.6) is 0 Å². The van der Waals surface area contributed by atoms with E-state index < -0.39 is 0 Å². The average Bonchev–Trinajstić information content (AvgIpc) is 2.26. The second kappa shape index (κ2) is 6.81. The Balaban J connectivity index is 2.12. The van der Waals surface area contributed by atoms with E-state index in [4.69, 9.17) is 9.84 Å². The van der Waals surface area contributed by atoms with Crippen LogP contribution < -0.4 is 10.6 Å². The molecule has 0 spiro atoms. The van der Waals surface area contributed by atoms with E-state index in [1.807, 2.05) is 6.92 Å². The van der Waals surface area contributed by atoms with Crippen molar-refractivity contribution < 1.29 is 14.6 Å². The summed E-state index contributed by atoms with van der Waals surface area (Å²) in [5.74, 6) is 0.297. The SMILES string of the molecule is COC1(CNC(=O)NCC(C)CCO)CCC1. The highest BCUT2D eigenvalue weighted by Gasteiger charge is 2.37. The normalized spacial score (nSPS) is 19.2. The van der Waals surface area contributed by atoms with Gasteiger partial charge in [-0.1, -0.05) is 6.92 Å². The van der Waals surface area contributed by atoms with Crippen molar-refractivity contribution in [1.82, 2.24) is 10.6 Å². The van der Waals surface area contributed by atoms with Gasteiger partial charge in [-0.15, -0.1) is 0 Å². The molecule has 5 heteroatoms. The highest BCUT2D eigenvalue weighted by Crippen LogP contribution is 2.34. The molecule has 0 saturated heterocycles. The molecule has 0 bridgehead atoms. The molecule has 1 saturated carbocycles. The Bertz CT molecular complexity index is 236. The van der Waals surface area contributed by atoms with Gasteiger partial charge in [0.25, 0.3) is 0 Å². The molecule has 17 heavy (non-hydrogen) atoms. The fourth-order valence-corrected chi connectivity index (χ4v) is 1.92. The third-order valence-corrected chi connectivity index (χ3v) is 3.50. The van der Waals surface area contributed by atoms with Crippen LogP contribution in [0.2, 0.25) is 0 Å².